The Morgan fingerprint density at radius 3 is 2.90 bits per heavy atom. The van der Waals surface area contributed by atoms with Crippen molar-refractivity contribution in [3.8, 4) is 11.8 Å². The third kappa shape index (κ3) is 3.43. The highest BCUT2D eigenvalue weighted by molar-refractivity contribution is 8.13. The summed E-state index contributed by atoms with van der Waals surface area (Å²) in [5, 5.41) is 9.81. The Labute approximate surface area is 120 Å². The fraction of sp³-hybridized carbons (Fsp3) is 0.200. The fourth-order valence-corrected chi connectivity index (χ4v) is 2.28. The number of aromatic nitrogens is 1. The molecule has 1 aromatic carbocycles. The van der Waals surface area contributed by atoms with Crippen molar-refractivity contribution in [2.75, 3.05) is 5.75 Å². The van der Waals surface area contributed by atoms with E-state index in [1.807, 2.05) is 12.1 Å². The minimum Gasteiger partial charge on any atom is -0.478 e. The molecule has 0 saturated carbocycles. The molecule has 2 aromatic rings. The summed E-state index contributed by atoms with van der Waals surface area (Å²) in [4.78, 5) is 24.7. The zero-order valence-electron chi connectivity index (χ0n) is 10.9. The molecule has 4 nitrogen and oxygen atoms in total. The number of rotatable bonds is 3. The van der Waals surface area contributed by atoms with Gasteiger partial charge in [0, 0.05) is 41.8 Å². The molecule has 20 heavy (non-hydrogen) atoms. The van der Waals surface area contributed by atoms with Gasteiger partial charge in [-0.05, 0) is 18.2 Å². The Kier molecular flexibility index (Phi) is 4.49. The molecule has 1 aromatic heterocycles. The van der Waals surface area contributed by atoms with E-state index in [-0.39, 0.29) is 10.7 Å². The van der Waals surface area contributed by atoms with Gasteiger partial charge in [0.05, 0.1) is 5.56 Å². The first-order valence-electron chi connectivity index (χ1n) is 6.04. The summed E-state index contributed by atoms with van der Waals surface area (Å²) in [6, 6.07) is 5.42. The molecule has 1 heterocycles. The van der Waals surface area contributed by atoms with Gasteiger partial charge in [-0.15, -0.1) is 0 Å². The van der Waals surface area contributed by atoms with Crippen LogP contribution < -0.4 is 0 Å². The van der Waals surface area contributed by atoms with Gasteiger partial charge in [-0.2, -0.15) is 0 Å². The van der Waals surface area contributed by atoms with E-state index < -0.39 is 5.97 Å². The quantitative estimate of drug-likeness (QED) is 0.672. The normalized spacial score (nSPS) is 10.1. The number of carbonyl (C=O) groups excluding carboxylic acids is 1. The Bertz CT molecular complexity index is 722. The van der Waals surface area contributed by atoms with Crippen LogP contribution in [0.25, 0.3) is 10.9 Å². The first kappa shape index (κ1) is 14.2. The van der Waals surface area contributed by atoms with Crippen molar-refractivity contribution in [1.29, 1.82) is 0 Å². The minimum atomic E-state index is -0.959. The second-order valence-corrected chi connectivity index (χ2v) is 5.43. The van der Waals surface area contributed by atoms with Gasteiger partial charge < -0.3 is 10.1 Å². The molecule has 0 saturated heterocycles. The number of fused-ring (bicyclic) bond motifs is 1. The van der Waals surface area contributed by atoms with Crippen LogP contribution in [0, 0.1) is 11.8 Å². The molecular weight excluding hydrogens is 274 g/mol. The lowest BCUT2D eigenvalue weighted by atomic mass is 10.1. The Morgan fingerprint density at radius 1 is 1.40 bits per heavy atom. The number of aromatic amines is 1. The largest absolute Gasteiger partial charge is 0.478 e. The number of hydrogen-bond acceptors (Lipinski definition) is 3. The number of carboxylic acid groups (broad SMARTS) is 1. The van der Waals surface area contributed by atoms with Crippen LogP contribution in [0.4, 0.5) is 0 Å². The van der Waals surface area contributed by atoms with Gasteiger partial charge in [-0.25, -0.2) is 4.79 Å². The number of aromatic carboxylic acids is 1. The molecule has 0 bridgehead atoms. The molecule has 0 radical (unpaired) electrons. The highest BCUT2D eigenvalue weighted by atomic mass is 32.2. The van der Waals surface area contributed by atoms with E-state index in [9.17, 15) is 9.59 Å². The molecule has 5 heteroatoms. The van der Waals surface area contributed by atoms with Crippen LogP contribution in [0.15, 0.2) is 24.4 Å². The van der Waals surface area contributed by atoms with Gasteiger partial charge in [0.15, 0.2) is 5.12 Å². The number of nitrogens with one attached hydrogen (secondary N) is 1. The molecule has 0 atom stereocenters. The number of benzene rings is 1. The maximum absolute atomic E-state index is 11.1. The SMILES string of the molecule is CC(=O)SCCC#Cc1ccc2[nH]cc(C(=O)O)c2c1. The summed E-state index contributed by atoms with van der Waals surface area (Å²) < 4.78 is 0. The van der Waals surface area contributed by atoms with Crippen molar-refractivity contribution >= 4 is 33.7 Å². The molecular formula is C15H13NO3S. The Hall–Kier alpha value is -2.19. The highest BCUT2D eigenvalue weighted by Crippen LogP contribution is 2.19. The van der Waals surface area contributed by atoms with Crippen LogP contribution in [0.5, 0.6) is 0 Å². The van der Waals surface area contributed by atoms with Gasteiger partial charge in [-0.3, -0.25) is 4.79 Å². The predicted octanol–water partition coefficient (Wildman–Crippen LogP) is 2.89. The summed E-state index contributed by atoms with van der Waals surface area (Å²) >= 11 is 1.25. The van der Waals surface area contributed by atoms with E-state index in [2.05, 4.69) is 16.8 Å². The fourth-order valence-electron chi connectivity index (χ4n) is 1.79. The number of H-pyrrole nitrogens is 1. The van der Waals surface area contributed by atoms with Crippen molar-refractivity contribution in [3.63, 3.8) is 0 Å². The van der Waals surface area contributed by atoms with Gasteiger partial charge >= 0.3 is 5.97 Å². The summed E-state index contributed by atoms with van der Waals surface area (Å²) in [6.45, 7) is 1.53. The molecule has 2 N–H and O–H groups in total. The second kappa shape index (κ2) is 6.31. The molecule has 0 aliphatic carbocycles. The van der Waals surface area contributed by atoms with Crippen LogP contribution >= 0.6 is 11.8 Å². The number of thioether (sulfide) groups is 1. The molecule has 0 fully saturated rings. The monoisotopic (exact) mass is 287 g/mol. The zero-order chi connectivity index (χ0) is 14.5. The van der Waals surface area contributed by atoms with Crippen LogP contribution in [-0.4, -0.2) is 26.9 Å². The Morgan fingerprint density at radius 2 is 2.20 bits per heavy atom. The van der Waals surface area contributed by atoms with E-state index >= 15 is 0 Å². The van der Waals surface area contributed by atoms with Crippen molar-refractivity contribution < 1.29 is 14.7 Å². The van der Waals surface area contributed by atoms with Crippen molar-refractivity contribution in [3.05, 3.63) is 35.5 Å². The van der Waals surface area contributed by atoms with Crippen molar-refractivity contribution in [2.24, 2.45) is 0 Å². The smallest absolute Gasteiger partial charge is 0.337 e. The van der Waals surface area contributed by atoms with E-state index in [1.54, 1.807) is 6.07 Å². The van der Waals surface area contributed by atoms with Crippen molar-refractivity contribution in [1.82, 2.24) is 4.98 Å². The average Bonchev–Trinajstić information content (AvgIpc) is 2.81. The van der Waals surface area contributed by atoms with E-state index in [1.165, 1.54) is 24.9 Å². The van der Waals surface area contributed by atoms with E-state index in [4.69, 9.17) is 5.11 Å². The lowest BCUT2D eigenvalue weighted by Gasteiger charge is -1.94. The topological polar surface area (TPSA) is 70.2 Å². The van der Waals surface area contributed by atoms with Crippen LogP contribution in [0.1, 0.15) is 29.3 Å². The lowest BCUT2D eigenvalue weighted by Crippen LogP contribution is -1.93. The number of hydrogen-bond donors (Lipinski definition) is 2. The molecule has 0 unspecified atom stereocenters. The average molecular weight is 287 g/mol. The lowest BCUT2D eigenvalue weighted by molar-refractivity contribution is -0.109. The first-order valence-corrected chi connectivity index (χ1v) is 7.03. The van der Waals surface area contributed by atoms with Crippen molar-refractivity contribution in [2.45, 2.75) is 13.3 Å². The molecule has 0 amide bonds. The predicted molar refractivity (Wildman–Crippen MR) is 79.9 cm³/mol. The van der Waals surface area contributed by atoms with E-state index in [0.29, 0.717) is 17.6 Å². The zero-order valence-corrected chi connectivity index (χ0v) is 11.7. The Balaban J connectivity index is 2.15. The molecule has 2 rings (SSSR count). The summed E-state index contributed by atoms with van der Waals surface area (Å²) in [5.74, 6) is 5.68. The summed E-state index contributed by atoms with van der Waals surface area (Å²) in [7, 11) is 0. The molecule has 102 valence electrons. The molecule has 0 aliphatic rings. The molecule has 0 aliphatic heterocycles. The van der Waals surface area contributed by atoms with E-state index in [0.717, 1.165) is 11.1 Å². The number of carboxylic acids is 1. The van der Waals surface area contributed by atoms with Gasteiger partial charge in [0.1, 0.15) is 0 Å². The van der Waals surface area contributed by atoms with Crippen LogP contribution in [0.2, 0.25) is 0 Å². The maximum atomic E-state index is 11.1. The third-order valence-electron chi connectivity index (χ3n) is 2.68. The highest BCUT2D eigenvalue weighted by Gasteiger charge is 2.10. The third-order valence-corrected chi connectivity index (χ3v) is 3.49. The molecule has 0 spiro atoms. The van der Waals surface area contributed by atoms with Crippen LogP contribution in [0.3, 0.4) is 0 Å². The summed E-state index contributed by atoms with van der Waals surface area (Å²) in [5.41, 5.74) is 1.79. The van der Waals surface area contributed by atoms with Gasteiger partial charge in [0.2, 0.25) is 0 Å². The maximum Gasteiger partial charge on any atom is 0.337 e. The standard InChI is InChI=1S/C15H13NO3S/c1-10(17)20-7-3-2-4-11-5-6-14-12(8-11)13(9-16-14)15(18)19/h5-6,8-9,16H,3,7H2,1H3,(H,18,19). The van der Waals surface area contributed by atoms with Gasteiger partial charge in [-0.1, -0.05) is 23.6 Å². The minimum absolute atomic E-state index is 0.0895. The number of carbonyl (C=O) groups is 2. The first-order chi connectivity index (χ1) is 9.58. The summed E-state index contributed by atoms with van der Waals surface area (Å²) in [6.07, 6.45) is 2.11. The second-order valence-electron chi connectivity index (χ2n) is 4.16. The van der Waals surface area contributed by atoms with Crippen LogP contribution in [-0.2, 0) is 4.79 Å². The van der Waals surface area contributed by atoms with Gasteiger partial charge in [0.25, 0.3) is 0 Å².